The summed E-state index contributed by atoms with van der Waals surface area (Å²) in [6.07, 6.45) is 7.87. The van der Waals surface area contributed by atoms with E-state index in [0.717, 1.165) is 19.3 Å². The Balaban J connectivity index is 1.62. The summed E-state index contributed by atoms with van der Waals surface area (Å²) in [4.78, 5) is 29.6. The number of nitro groups is 1. The zero-order valence-electron chi connectivity index (χ0n) is 13.7. The van der Waals surface area contributed by atoms with Crippen LogP contribution >= 0.6 is 0 Å². The van der Waals surface area contributed by atoms with Crippen LogP contribution in [0.5, 0.6) is 0 Å². The molecule has 4 rings (SSSR count). The number of aromatic nitrogens is 2. The summed E-state index contributed by atoms with van der Waals surface area (Å²) in [6, 6.07) is 5.45. The Morgan fingerprint density at radius 2 is 2.12 bits per heavy atom. The normalized spacial score (nSPS) is 22.6. The second kappa shape index (κ2) is 6.29. The first kappa shape index (κ1) is 15.8. The lowest BCUT2D eigenvalue weighted by Crippen LogP contribution is -2.39. The van der Waals surface area contributed by atoms with Gasteiger partial charge in [-0.1, -0.05) is 0 Å². The third-order valence-corrected chi connectivity index (χ3v) is 5.01. The molecular formula is C17H19N5O3. The van der Waals surface area contributed by atoms with Crippen LogP contribution in [0.1, 0.15) is 29.6 Å². The van der Waals surface area contributed by atoms with Crippen molar-refractivity contribution in [2.24, 2.45) is 0 Å². The molecule has 2 saturated heterocycles. The molecule has 130 valence electrons. The average Bonchev–Trinajstić information content (AvgIpc) is 3.23. The number of imidazole rings is 1. The second-order valence-corrected chi connectivity index (χ2v) is 6.61. The predicted molar refractivity (Wildman–Crippen MR) is 90.7 cm³/mol. The fraction of sp³-hybridized carbons (Fsp3) is 0.412. The van der Waals surface area contributed by atoms with E-state index in [1.165, 1.54) is 12.4 Å². The third kappa shape index (κ3) is 3.00. The van der Waals surface area contributed by atoms with Gasteiger partial charge in [-0.2, -0.15) is 0 Å². The van der Waals surface area contributed by atoms with Gasteiger partial charge in [0.1, 0.15) is 5.69 Å². The quantitative estimate of drug-likeness (QED) is 0.678. The number of nitrogens with one attached hydrogen (secondary N) is 1. The largest absolute Gasteiger partial charge is 0.337 e. The van der Waals surface area contributed by atoms with Crippen LogP contribution in [0.4, 0.5) is 5.69 Å². The van der Waals surface area contributed by atoms with Crippen LogP contribution in [-0.2, 0) is 0 Å². The van der Waals surface area contributed by atoms with Gasteiger partial charge in [0, 0.05) is 49.2 Å². The Kier molecular flexibility index (Phi) is 3.96. The van der Waals surface area contributed by atoms with Gasteiger partial charge in [0.05, 0.1) is 11.3 Å². The molecule has 0 radical (unpaired) electrons. The standard InChI is InChI=1S/C17H19N5O3/c23-17(20-7-5-13-2-3-14(10-20)19-13)12-1-4-15(16(9-12)22(24)25)21-8-6-18-11-21/h1,4,6,8-9,11,13-14,19H,2-3,5,7,10H2. The maximum atomic E-state index is 12.9. The molecule has 2 fully saturated rings. The van der Waals surface area contributed by atoms with Crippen LogP contribution in [0.15, 0.2) is 36.9 Å². The smallest absolute Gasteiger partial charge is 0.294 e. The Labute approximate surface area is 144 Å². The van der Waals surface area contributed by atoms with Crippen LogP contribution in [0.25, 0.3) is 5.69 Å². The van der Waals surface area contributed by atoms with E-state index in [9.17, 15) is 14.9 Å². The highest BCUT2D eigenvalue weighted by molar-refractivity contribution is 5.95. The highest BCUT2D eigenvalue weighted by Gasteiger charge is 2.32. The number of fused-ring (bicyclic) bond motifs is 2. The molecule has 8 nitrogen and oxygen atoms in total. The number of nitrogens with zero attached hydrogens (tertiary/aromatic N) is 4. The maximum Gasteiger partial charge on any atom is 0.294 e. The van der Waals surface area contributed by atoms with Crippen molar-refractivity contribution in [1.29, 1.82) is 0 Å². The van der Waals surface area contributed by atoms with E-state index in [2.05, 4.69) is 10.3 Å². The Morgan fingerprint density at radius 1 is 1.28 bits per heavy atom. The molecule has 0 aliphatic carbocycles. The second-order valence-electron chi connectivity index (χ2n) is 6.61. The number of benzene rings is 1. The number of hydrogen-bond donors (Lipinski definition) is 1. The number of rotatable bonds is 3. The lowest BCUT2D eigenvalue weighted by atomic mass is 10.1. The zero-order valence-corrected chi connectivity index (χ0v) is 13.7. The van der Waals surface area contributed by atoms with E-state index in [0.29, 0.717) is 36.4 Å². The van der Waals surface area contributed by atoms with E-state index in [1.807, 2.05) is 4.90 Å². The molecule has 2 unspecified atom stereocenters. The van der Waals surface area contributed by atoms with Crippen LogP contribution in [-0.4, -0.2) is 50.5 Å². The molecule has 25 heavy (non-hydrogen) atoms. The van der Waals surface area contributed by atoms with Crippen molar-refractivity contribution in [2.75, 3.05) is 13.1 Å². The number of carbonyl (C=O) groups is 1. The zero-order chi connectivity index (χ0) is 17.4. The lowest BCUT2D eigenvalue weighted by molar-refractivity contribution is -0.384. The van der Waals surface area contributed by atoms with Gasteiger partial charge in [0.15, 0.2) is 0 Å². The summed E-state index contributed by atoms with van der Waals surface area (Å²) < 4.78 is 1.57. The number of carbonyl (C=O) groups excluding carboxylic acids is 1. The molecule has 0 saturated carbocycles. The molecule has 2 aliphatic rings. The summed E-state index contributed by atoms with van der Waals surface area (Å²) in [6.45, 7) is 1.34. The van der Waals surface area contributed by atoms with Crippen molar-refractivity contribution in [3.05, 3.63) is 52.6 Å². The average molecular weight is 341 g/mol. The maximum absolute atomic E-state index is 12.9. The SMILES string of the molecule is O=C(c1ccc(-n2ccnc2)c([N+](=O)[O-])c1)N1CCC2CCC(C1)N2. The molecule has 2 aliphatic heterocycles. The van der Waals surface area contributed by atoms with Gasteiger partial charge in [0.25, 0.3) is 11.6 Å². The highest BCUT2D eigenvalue weighted by Crippen LogP contribution is 2.26. The minimum absolute atomic E-state index is 0.0988. The molecule has 2 bridgehead atoms. The van der Waals surface area contributed by atoms with Crippen molar-refractivity contribution < 1.29 is 9.72 Å². The lowest BCUT2D eigenvalue weighted by Gasteiger charge is -2.24. The van der Waals surface area contributed by atoms with Gasteiger partial charge in [0.2, 0.25) is 0 Å². The van der Waals surface area contributed by atoms with Crippen LogP contribution in [0.2, 0.25) is 0 Å². The summed E-state index contributed by atoms with van der Waals surface area (Å²) in [7, 11) is 0. The summed E-state index contributed by atoms with van der Waals surface area (Å²) in [5.74, 6) is -0.144. The van der Waals surface area contributed by atoms with Crippen molar-refractivity contribution in [1.82, 2.24) is 19.8 Å². The number of hydrogen-bond acceptors (Lipinski definition) is 5. The predicted octanol–water partition coefficient (Wildman–Crippen LogP) is 1.75. The first-order valence-electron chi connectivity index (χ1n) is 8.44. The fourth-order valence-corrected chi connectivity index (χ4v) is 3.73. The van der Waals surface area contributed by atoms with E-state index >= 15 is 0 Å². The first-order chi connectivity index (χ1) is 12.1. The molecule has 0 spiro atoms. The van der Waals surface area contributed by atoms with Crippen molar-refractivity contribution >= 4 is 11.6 Å². The molecular weight excluding hydrogens is 322 g/mol. The van der Waals surface area contributed by atoms with Crippen LogP contribution in [0, 0.1) is 10.1 Å². The van der Waals surface area contributed by atoms with E-state index < -0.39 is 4.92 Å². The summed E-state index contributed by atoms with van der Waals surface area (Å²) in [5, 5.41) is 15.0. The van der Waals surface area contributed by atoms with Gasteiger partial charge in [-0.15, -0.1) is 0 Å². The monoisotopic (exact) mass is 341 g/mol. The van der Waals surface area contributed by atoms with Gasteiger partial charge >= 0.3 is 0 Å². The van der Waals surface area contributed by atoms with Crippen molar-refractivity contribution in [2.45, 2.75) is 31.3 Å². The fourth-order valence-electron chi connectivity index (χ4n) is 3.73. The minimum Gasteiger partial charge on any atom is -0.337 e. The summed E-state index contributed by atoms with van der Waals surface area (Å²) in [5.41, 5.74) is 0.655. The van der Waals surface area contributed by atoms with Gasteiger partial charge in [-0.25, -0.2) is 4.98 Å². The van der Waals surface area contributed by atoms with Gasteiger partial charge in [-0.05, 0) is 31.4 Å². The third-order valence-electron chi connectivity index (χ3n) is 5.01. The van der Waals surface area contributed by atoms with E-state index in [1.54, 1.807) is 29.1 Å². The topological polar surface area (TPSA) is 93.3 Å². The molecule has 1 N–H and O–H groups in total. The molecule has 2 aromatic rings. The Bertz CT molecular complexity index is 805. The Morgan fingerprint density at radius 3 is 2.88 bits per heavy atom. The highest BCUT2D eigenvalue weighted by atomic mass is 16.6. The van der Waals surface area contributed by atoms with E-state index in [-0.39, 0.29) is 11.6 Å². The molecule has 1 amide bonds. The molecule has 1 aromatic carbocycles. The molecule has 3 heterocycles. The van der Waals surface area contributed by atoms with E-state index in [4.69, 9.17) is 0 Å². The molecule has 2 atom stereocenters. The minimum atomic E-state index is -0.460. The number of nitro benzene ring substituents is 1. The first-order valence-corrected chi connectivity index (χ1v) is 8.44. The number of likely N-dealkylation sites (tertiary alicyclic amines) is 1. The summed E-state index contributed by atoms with van der Waals surface area (Å²) >= 11 is 0. The van der Waals surface area contributed by atoms with Gasteiger partial charge < -0.3 is 14.8 Å². The molecule has 8 heteroatoms. The van der Waals surface area contributed by atoms with Crippen molar-refractivity contribution in [3.63, 3.8) is 0 Å². The Hall–Kier alpha value is -2.74. The van der Waals surface area contributed by atoms with Gasteiger partial charge in [-0.3, -0.25) is 14.9 Å². The van der Waals surface area contributed by atoms with Crippen LogP contribution < -0.4 is 5.32 Å². The van der Waals surface area contributed by atoms with Crippen LogP contribution in [0.3, 0.4) is 0 Å². The number of amides is 1. The van der Waals surface area contributed by atoms with Crippen molar-refractivity contribution in [3.8, 4) is 5.69 Å². The molecule has 1 aromatic heterocycles.